The summed E-state index contributed by atoms with van der Waals surface area (Å²) in [7, 11) is 1.36. The maximum absolute atomic E-state index is 12.2. The summed E-state index contributed by atoms with van der Waals surface area (Å²) < 4.78 is 23.0. The number of halogens is 2. The van der Waals surface area contributed by atoms with Crippen LogP contribution in [0.2, 0.25) is 5.02 Å². The number of hydrogen-bond donors (Lipinski definition) is 1. The Hall–Kier alpha value is -0.780. The SMILES string of the molecule is Cc1cc(C(=O)NC(C)CC2CC2)cc(S(=O)(=O)Cl)c1Cl. The van der Waals surface area contributed by atoms with Gasteiger partial charge < -0.3 is 5.32 Å². The first-order valence-corrected chi connectivity index (χ1v) is 9.43. The fraction of sp³-hybridized carbons (Fsp3) is 0.500. The van der Waals surface area contributed by atoms with E-state index in [1.165, 1.54) is 18.9 Å². The van der Waals surface area contributed by atoms with Crippen molar-refractivity contribution in [2.24, 2.45) is 5.92 Å². The predicted octanol–water partition coefficient (Wildman–Crippen LogP) is 3.49. The molecule has 1 aromatic carbocycles. The minimum Gasteiger partial charge on any atom is -0.350 e. The fourth-order valence-corrected chi connectivity index (χ4v) is 3.81. The second-order valence-electron chi connectivity index (χ2n) is 5.60. The van der Waals surface area contributed by atoms with Crippen molar-refractivity contribution < 1.29 is 13.2 Å². The minimum absolute atomic E-state index is 0.0487. The summed E-state index contributed by atoms with van der Waals surface area (Å²) in [5, 5.41) is 2.92. The van der Waals surface area contributed by atoms with Gasteiger partial charge in [-0.15, -0.1) is 0 Å². The molecule has 0 heterocycles. The lowest BCUT2D eigenvalue weighted by molar-refractivity contribution is 0.0937. The van der Waals surface area contributed by atoms with Crippen LogP contribution in [0.4, 0.5) is 0 Å². The first-order valence-electron chi connectivity index (χ1n) is 6.74. The lowest BCUT2D eigenvalue weighted by Gasteiger charge is -2.14. The number of carbonyl (C=O) groups is 1. The monoisotopic (exact) mass is 349 g/mol. The first kappa shape index (κ1) is 16.6. The molecule has 0 bridgehead atoms. The van der Waals surface area contributed by atoms with Crippen molar-refractivity contribution in [1.82, 2.24) is 5.32 Å². The first-order chi connectivity index (χ1) is 9.68. The number of benzene rings is 1. The molecule has 21 heavy (non-hydrogen) atoms. The Labute approximate surface area is 134 Å². The van der Waals surface area contributed by atoms with E-state index in [2.05, 4.69) is 5.32 Å². The molecule has 1 aromatic rings. The number of nitrogens with one attached hydrogen (secondary N) is 1. The van der Waals surface area contributed by atoms with Gasteiger partial charge in [0, 0.05) is 22.3 Å². The van der Waals surface area contributed by atoms with Crippen LogP contribution in [-0.2, 0) is 9.05 Å². The highest BCUT2D eigenvalue weighted by molar-refractivity contribution is 8.13. The molecule has 1 N–H and O–H groups in total. The van der Waals surface area contributed by atoms with Gasteiger partial charge in [0.15, 0.2) is 0 Å². The van der Waals surface area contributed by atoms with E-state index >= 15 is 0 Å². The Balaban J connectivity index is 2.22. The number of rotatable bonds is 5. The van der Waals surface area contributed by atoms with E-state index in [1.54, 1.807) is 13.0 Å². The number of hydrogen-bond acceptors (Lipinski definition) is 3. The van der Waals surface area contributed by atoms with E-state index in [0.717, 1.165) is 6.42 Å². The average Bonchev–Trinajstić information content (AvgIpc) is 3.14. The standard InChI is InChI=1S/C14H17Cl2NO3S/c1-8-5-11(7-12(13(8)15)21(16,19)20)14(18)17-9(2)6-10-3-4-10/h5,7,9-10H,3-4,6H2,1-2H3,(H,17,18). The van der Waals surface area contributed by atoms with Gasteiger partial charge in [-0.1, -0.05) is 24.4 Å². The summed E-state index contributed by atoms with van der Waals surface area (Å²) in [5.74, 6) is 0.385. The number of carbonyl (C=O) groups excluding carboxylic acids is 1. The fourth-order valence-electron chi connectivity index (χ4n) is 2.27. The van der Waals surface area contributed by atoms with Crippen molar-refractivity contribution in [2.45, 2.75) is 44.0 Å². The largest absolute Gasteiger partial charge is 0.350 e. The van der Waals surface area contributed by atoms with E-state index in [0.29, 0.717) is 11.5 Å². The van der Waals surface area contributed by atoms with Crippen LogP contribution in [0.25, 0.3) is 0 Å². The summed E-state index contributed by atoms with van der Waals surface area (Å²) in [5.41, 5.74) is 0.747. The average molecular weight is 350 g/mol. The number of amides is 1. The molecule has 0 aliphatic heterocycles. The lowest BCUT2D eigenvalue weighted by atomic mass is 10.1. The molecule has 0 radical (unpaired) electrons. The molecule has 2 rings (SSSR count). The Morgan fingerprint density at radius 3 is 2.57 bits per heavy atom. The van der Waals surface area contributed by atoms with Gasteiger partial charge >= 0.3 is 0 Å². The summed E-state index contributed by atoms with van der Waals surface area (Å²) in [6.07, 6.45) is 3.38. The van der Waals surface area contributed by atoms with Crippen molar-refractivity contribution in [1.29, 1.82) is 0 Å². The van der Waals surface area contributed by atoms with Gasteiger partial charge in [0.2, 0.25) is 0 Å². The molecule has 0 saturated heterocycles. The third-order valence-corrected chi connectivity index (χ3v) is 5.47. The van der Waals surface area contributed by atoms with Crippen LogP contribution < -0.4 is 5.32 Å². The summed E-state index contributed by atoms with van der Waals surface area (Å²) in [6, 6.07) is 2.83. The molecule has 1 aliphatic rings. The molecule has 1 amide bonds. The molecule has 116 valence electrons. The van der Waals surface area contributed by atoms with E-state index < -0.39 is 9.05 Å². The Kier molecular flexibility index (Phi) is 4.85. The Morgan fingerprint density at radius 1 is 1.43 bits per heavy atom. The highest BCUT2D eigenvalue weighted by Crippen LogP contribution is 2.33. The highest BCUT2D eigenvalue weighted by atomic mass is 35.7. The molecule has 1 atom stereocenters. The van der Waals surface area contributed by atoms with Gasteiger partial charge in [-0.3, -0.25) is 4.79 Å². The summed E-state index contributed by atoms with van der Waals surface area (Å²) in [6.45, 7) is 3.58. The Morgan fingerprint density at radius 2 is 2.05 bits per heavy atom. The zero-order valence-electron chi connectivity index (χ0n) is 11.8. The molecule has 7 heteroatoms. The van der Waals surface area contributed by atoms with Crippen molar-refractivity contribution >= 4 is 37.2 Å². The second kappa shape index (κ2) is 6.15. The zero-order chi connectivity index (χ0) is 15.8. The van der Waals surface area contributed by atoms with Gasteiger partial charge in [-0.2, -0.15) is 0 Å². The van der Waals surface area contributed by atoms with E-state index in [-0.39, 0.29) is 27.4 Å². The van der Waals surface area contributed by atoms with E-state index in [4.69, 9.17) is 22.3 Å². The molecule has 1 fully saturated rings. The normalized spacial score (nSPS) is 16.6. The predicted molar refractivity (Wildman–Crippen MR) is 83.5 cm³/mol. The smallest absolute Gasteiger partial charge is 0.262 e. The van der Waals surface area contributed by atoms with Crippen LogP contribution in [-0.4, -0.2) is 20.4 Å². The zero-order valence-corrected chi connectivity index (χ0v) is 14.1. The summed E-state index contributed by atoms with van der Waals surface area (Å²) >= 11 is 5.94. The molecule has 1 saturated carbocycles. The highest BCUT2D eigenvalue weighted by Gasteiger charge is 2.25. The summed E-state index contributed by atoms with van der Waals surface area (Å²) in [4.78, 5) is 12.0. The van der Waals surface area contributed by atoms with Crippen LogP contribution in [0.1, 0.15) is 42.1 Å². The van der Waals surface area contributed by atoms with Crippen LogP contribution in [0, 0.1) is 12.8 Å². The Bertz CT molecular complexity index is 669. The molecule has 1 unspecified atom stereocenters. The second-order valence-corrected chi connectivity index (χ2v) is 8.51. The third-order valence-electron chi connectivity index (χ3n) is 3.51. The topological polar surface area (TPSA) is 63.2 Å². The number of aryl methyl sites for hydroxylation is 1. The third kappa shape index (κ3) is 4.34. The van der Waals surface area contributed by atoms with Gasteiger partial charge in [-0.05, 0) is 43.9 Å². The molecular formula is C14H17Cl2NO3S. The molecular weight excluding hydrogens is 333 g/mol. The van der Waals surface area contributed by atoms with Crippen LogP contribution in [0.5, 0.6) is 0 Å². The van der Waals surface area contributed by atoms with E-state index in [9.17, 15) is 13.2 Å². The van der Waals surface area contributed by atoms with Crippen molar-refractivity contribution in [2.75, 3.05) is 0 Å². The maximum Gasteiger partial charge on any atom is 0.262 e. The van der Waals surface area contributed by atoms with Crippen LogP contribution in [0.15, 0.2) is 17.0 Å². The van der Waals surface area contributed by atoms with Gasteiger partial charge in [-0.25, -0.2) is 8.42 Å². The van der Waals surface area contributed by atoms with Gasteiger partial charge in [0.05, 0.1) is 5.02 Å². The van der Waals surface area contributed by atoms with Gasteiger partial charge in [0.1, 0.15) is 4.90 Å². The van der Waals surface area contributed by atoms with Crippen molar-refractivity contribution in [3.8, 4) is 0 Å². The molecule has 0 spiro atoms. The van der Waals surface area contributed by atoms with Crippen LogP contribution >= 0.6 is 22.3 Å². The van der Waals surface area contributed by atoms with Gasteiger partial charge in [0.25, 0.3) is 15.0 Å². The molecule has 0 aromatic heterocycles. The van der Waals surface area contributed by atoms with E-state index in [1.807, 2.05) is 6.92 Å². The quantitative estimate of drug-likeness (QED) is 0.827. The molecule has 4 nitrogen and oxygen atoms in total. The lowest BCUT2D eigenvalue weighted by Crippen LogP contribution is -2.33. The molecule has 1 aliphatic carbocycles. The minimum atomic E-state index is -3.99. The van der Waals surface area contributed by atoms with Crippen molar-refractivity contribution in [3.05, 3.63) is 28.3 Å². The maximum atomic E-state index is 12.2. The van der Waals surface area contributed by atoms with Crippen LogP contribution in [0.3, 0.4) is 0 Å². The van der Waals surface area contributed by atoms with Crippen molar-refractivity contribution in [3.63, 3.8) is 0 Å².